The Morgan fingerprint density at radius 2 is 2.41 bits per heavy atom. The van der Waals surface area contributed by atoms with Gasteiger partial charge < -0.3 is 10.1 Å². The number of nitrogens with one attached hydrogen (secondary N) is 1. The van der Waals surface area contributed by atoms with Crippen LogP contribution in [0.15, 0.2) is 12.4 Å². The smallest absolute Gasteiger partial charge is 0.0809 e. The molecule has 96 valence electrons. The number of aromatic nitrogens is 2. The van der Waals surface area contributed by atoms with E-state index in [2.05, 4.69) is 23.5 Å². The molecule has 17 heavy (non-hydrogen) atoms. The SMILES string of the molecule is CNC(Cc1cnn(C)c1)C1(C)CCCCO1. The third-order valence-electron chi connectivity index (χ3n) is 3.78. The molecule has 1 fully saturated rings. The molecule has 0 bridgehead atoms. The van der Waals surface area contributed by atoms with E-state index in [0.717, 1.165) is 19.4 Å². The lowest BCUT2D eigenvalue weighted by Gasteiger charge is -2.40. The summed E-state index contributed by atoms with van der Waals surface area (Å²) in [5.41, 5.74) is 1.23. The summed E-state index contributed by atoms with van der Waals surface area (Å²) in [6.07, 6.45) is 8.59. The Hall–Kier alpha value is -0.870. The molecule has 4 nitrogen and oxygen atoms in total. The van der Waals surface area contributed by atoms with Gasteiger partial charge in [0.2, 0.25) is 0 Å². The van der Waals surface area contributed by atoms with Crippen molar-refractivity contribution in [3.63, 3.8) is 0 Å². The van der Waals surface area contributed by atoms with Crippen LogP contribution in [0.2, 0.25) is 0 Å². The topological polar surface area (TPSA) is 39.1 Å². The molecular weight excluding hydrogens is 214 g/mol. The van der Waals surface area contributed by atoms with E-state index >= 15 is 0 Å². The van der Waals surface area contributed by atoms with Crippen molar-refractivity contribution < 1.29 is 4.74 Å². The normalized spacial score (nSPS) is 27.0. The molecule has 0 saturated carbocycles. The fourth-order valence-corrected chi connectivity index (χ4v) is 2.67. The largest absolute Gasteiger partial charge is 0.374 e. The minimum atomic E-state index is -0.0388. The molecular formula is C13H23N3O. The van der Waals surface area contributed by atoms with Gasteiger partial charge in [-0.15, -0.1) is 0 Å². The van der Waals surface area contributed by atoms with Crippen LogP contribution in [-0.2, 0) is 18.2 Å². The first-order valence-electron chi connectivity index (χ1n) is 6.43. The minimum Gasteiger partial charge on any atom is -0.374 e. The lowest BCUT2D eigenvalue weighted by Crippen LogP contribution is -2.52. The molecule has 1 aliphatic rings. The quantitative estimate of drug-likeness (QED) is 0.863. The molecule has 0 aliphatic carbocycles. The van der Waals surface area contributed by atoms with Crippen LogP contribution in [0.25, 0.3) is 0 Å². The average molecular weight is 237 g/mol. The van der Waals surface area contributed by atoms with Gasteiger partial charge in [0.15, 0.2) is 0 Å². The Labute approximate surface area is 103 Å². The van der Waals surface area contributed by atoms with Gasteiger partial charge in [-0.2, -0.15) is 5.10 Å². The zero-order valence-electron chi connectivity index (χ0n) is 11.1. The van der Waals surface area contributed by atoms with Crippen molar-refractivity contribution in [3.8, 4) is 0 Å². The average Bonchev–Trinajstić information content (AvgIpc) is 2.72. The summed E-state index contributed by atoms with van der Waals surface area (Å²) in [6.45, 7) is 3.12. The second kappa shape index (κ2) is 5.19. The van der Waals surface area contributed by atoms with Crippen molar-refractivity contribution in [2.75, 3.05) is 13.7 Å². The molecule has 2 rings (SSSR count). The summed E-state index contributed by atoms with van der Waals surface area (Å²) in [4.78, 5) is 0. The highest BCUT2D eigenvalue weighted by Crippen LogP contribution is 2.29. The number of likely N-dealkylation sites (N-methyl/N-ethyl adjacent to an activating group) is 1. The van der Waals surface area contributed by atoms with Crippen LogP contribution in [0, 0.1) is 0 Å². The lowest BCUT2D eigenvalue weighted by molar-refractivity contribution is -0.0870. The van der Waals surface area contributed by atoms with E-state index in [4.69, 9.17) is 4.74 Å². The van der Waals surface area contributed by atoms with Crippen LogP contribution in [-0.4, -0.2) is 35.1 Å². The summed E-state index contributed by atoms with van der Waals surface area (Å²) in [5.74, 6) is 0. The van der Waals surface area contributed by atoms with Crippen LogP contribution in [0.5, 0.6) is 0 Å². The fourth-order valence-electron chi connectivity index (χ4n) is 2.67. The van der Waals surface area contributed by atoms with Gasteiger partial charge in [0.25, 0.3) is 0 Å². The van der Waals surface area contributed by atoms with Crippen molar-refractivity contribution in [1.29, 1.82) is 0 Å². The van der Waals surface area contributed by atoms with Crippen LogP contribution in [0.3, 0.4) is 0 Å². The molecule has 1 aliphatic heterocycles. The lowest BCUT2D eigenvalue weighted by atomic mass is 9.85. The first kappa shape index (κ1) is 12.6. The zero-order valence-corrected chi connectivity index (χ0v) is 11.1. The highest BCUT2D eigenvalue weighted by molar-refractivity contribution is 5.09. The Balaban J connectivity index is 2.05. The fraction of sp³-hybridized carbons (Fsp3) is 0.769. The summed E-state index contributed by atoms with van der Waals surface area (Å²) >= 11 is 0. The van der Waals surface area contributed by atoms with Gasteiger partial charge in [-0.05, 0) is 45.2 Å². The van der Waals surface area contributed by atoms with Gasteiger partial charge >= 0.3 is 0 Å². The van der Waals surface area contributed by atoms with Crippen molar-refractivity contribution in [2.45, 2.75) is 44.2 Å². The monoisotopic (exact) mass is 237 g/mol. The summed E-state index contributed by atoms with van der Waals surface area (Å²) < 4.78 is 7.86. The van der Waals surface area contributed by atoms with Gasteiger partial charge in [-0.3, -0.25) is 4.68 Å². The molecule has 2 heterocycles. The second-order valence-electron chi connectivity index (χ2n) is 5.19. The molecule has 1 aromatic heterocycles. The molecule has 1 saturated heterocycles. The van der Waals surface area contributed by atoms with Gasteiger partial charge in [0.1, 0.15) is 0 Å². The van der Waals surface area contributed by atoms with E-state index in [1.807, 2.05) is 25.0 Å². The van der Waals surface area contributed by atoms with E-state index in [0.29, 0.717) is 6.04 Å². The van der Waals surface area contributed by atoms with Gasteiger partial charge in [-0.25, -0.2) is 0 Å². The standard InChI is InChI=1S/C13H23N3O/c1-13(6-4-5-7-17-13)12(14-2)8-11-9-15-16(3)10-11/h9-10,12,14H,4-8H2,1-3H3. The Morgan fingerprint density at radius 3 is 2.94 bits per heavy atom. The summed E-state index contributed by atoms with van der Waals surface area (Å²) in [7, 11) is 3.97. The van der Waals surface area contributed by atoms with Crippen LogP contribution in [0.1, 0.15) is 31.7 Å². The highest BCUT2D eigenvalue weighted by atomic mass is 16.5. The maximum absolute atomic E-state index is 6.01. The Bertz CT molecular complexity index is 355. The number of hydrogen-bond donors (Lipinski definition) is 1. The predicted octanol–water partition coefficient (Wildman–Crippen LogP) is 1.51. The summed E-state index contributed by atoms with van der Waals surface area (Å²) in [5, 5.41) is 7.63. The molecule has 4 heteroatoms. The van der Waals surface area contributed by atoms with Crippen molar-refractivity contribution >= 4 is 0 Å². The van der Waals surface area contributed by atoms with E-state index in [1.54, 1.807) is 0 Å². The van der Waals surface area contributed by atoms with Gasteiger partial charge in [0, 0.05) is 25.9 Å². The molecule has 2 unspecified atom stereocenters. The number of hydrogen-bond acceptors (Lipinski definition) is 3. The van der Waals surface area contributed by atoms with Crippen molar-refractivity contribution in [2.24, 2.45) is 7.05 Å². The van der Waals surface area contributed by atoms with Crippen LogP contribution in [0.4, 0.5) is 0 Å². The zero-order chi connectivity index (χ0) is 12.3. The van der Waals surface area contributed by atoms with Crippen molar-refractivity contribution in [3.05, 3.63) is 18.0 Å². The third-order valence-corrected chi connectivity index (χ3v) is 3.78. The molecule has 2 atom stereocenters. The van der Waals surface area contributed by atoms with Gasteiger partial charge in [0.05, 0.1) is 11.8 Å². The minimum absolute atomic E-state index is 0.0388. The van der Waals surface area contributed by atoms with Crippen LogP contribution < -0.4 is 5.32 Å². The van der Waals surface area contributed by atoms with E-state index in [-0.39, 0.29) is 5.60 Å². The predicted molar refractivity (Wildman–Crippen MR) is 68.0 cm³/mol. The van der Waals surface area contributed by atoms with Crippen LogP contribution >= 0.6 is 0 Å². The number of ether oxygens (including phenoxy) is 1. The molecule has 0 radical (unpaired) electrons. The van der Waals surface area contributed by atoms with E-state index in [9.17, 15) is 0 Å². The molecule has 0 spiro atoms. The Morgan fingerprint density at radius 1 is 1.59 bits per heavy atom. The molecule has 0 aromatic carbocycles. The third kappa shape index (κ3) is 2.87. The molecule has 1 N–H and O–H groups in total. The van der Waals surface area contributed by atoms with E-state index in [1.165, 1.54) is 18.4 Å². The highest BCUT2D eigenvalue weighted by Gasteiger charge is 2.36. The molecule has 1 aromatic rings. The first-order chi connectivity index (χ1) is 8.14. The molecule has 0 amide bonds. The van der Waals surface area contributed by atoms with E-state index < -0.39 is 0 Å². The van der Waals surface area contributed by atoms with Crippen molar-refractivity contribution in [1.82, 2.24) is 15.1 Å². The maximum atomic E-state index is 6.01. The number of aryl methyl sites for hydroxylation is 1. The number of nitrogens with zero attached hydrogens (tertiary/aromatic N) is 2. The second-order valence-corrected chi connectivity index (χ2v) is 5.19. The van der Waals surface area contributed by atoms with Gasteiger partial charge in [-0.1, -0.05) is 0 Å². The first-order valence-corrected chi connectivity index (χ1v) is 6.43. The maximum Gasteiger partial charge on any atom is 0.0809 e. The number of rotatable bonds is 4. The summed E-state index contributed by atoms with van der Waals surface area (Å²) in [6, 6.07) is 0.354. The Kier molecular flexibility index (Phi) is 3.84.